The van der Waals surface area contributed by atoms with Gasteiger partial charge in [0.25, 0.3) is 0 Å². The van der Waals surface area contributed by atoms with Gasteiger partial charge in [0.05, 0.1) is 19.1 Å². The number of hydrogen-bond acceptors (Lipinski definition) is 5. The summed E-state index contributed by atoms with van der Waals surface area (Å²) in [5.41, 5.74) is 1.02. The lowest BCUT2D eigenvalue weighted by molar-refractivity contribution is -0.131. The van der Waals surface area contributed by atoms with E-state index in [0.717, 1.165) is 18.4 Å². The lowest BCUT2D eigenvalue weighted by Crippen LogP contribution is -2.38. The van der Waals surface area contributed by atoms with Crippen molar-refractivity contribution in [2.45, 2.75) is 36.6 Å². The lowest BCUT2D eigenvalue weighted by atomic mass is 10.0. The Kier molecular flexibility index (Phi) is 7.80. The van der Waals surface area contributed by atoms with Gasteiger partial charge in [0.15, 0.2) is 11.5 Å². The monoisotopic (exact) mass is 466 g/mol. The summed E-state index contributed by atoms with van der Waals surface area (Å²) in [7, 11) is -0.859. The van der Waals surface area contributed by atoms with Gasteiger partial charge in [0.2, 0.25) is 15.9 Å². The third-order valence-electron chi connectivity index (χ3n) is 5.41. The second-order valence-electron chi connectivity index (χ2n) is 7.34. The van der Waals surface area contributed by atoms with E-state index < -0.39 is 10.0 Å². The number of nitrogens with one attached hydrogen (secondary N) is 1. The highest BCUT2D eigenvalue weighted by atomic mass is 35.5. The van der Waals surface area contributed by atoms with Crippen LogP contribution in [0.1, 0.15) is 24.8 Å². The topological polar surface area (TPSA) is 84.9 Å². The summed E-state index contributed by atoms with van der Waals surface area (Å²) in [6.45, 7) is 0.696. The molecule has 0 aliphatic carbocycles. The minimum Gasteiger partial charge on any atom is -0.493 e. The highest BCUT2D eigenvalue weighted by Crippen LogP contribution is 2.29. The quantitative estimate of drug-likeness (QED) is 0.613. The van der Waals surface area contributed by atoms with Gasteiger partial charge >= 0.3 is 0 Å². The van der Waals surface area contributed by atoms with E-state index in [0.29, 0.717) is 29.5 Å². The van der Waals surface area contributed by atoms with Crippen molar-refractivity contribution in [2.75, 3.05) is 27.3 Å². The molecular weight excluding hydrogens is 440 g/mol. The van der Waals surface area contributed by atoms with Crippen LogP contribution in [0.25, 0.3) is 0 Å². The average Bonchev–Trinajstić information content (AvgIpc) is 3.23. The summed E-state index contributed by atoms with van der Waals surface area (Å²) in [4.78, 5) is 14.7. The zero-order chi connectivity index (χ0) is 22.4. The minimum atomic E-state index is -3.78. The molecule has 0 aromatic heterocycles. The number of carbonyl (C=O) groups is 1. The number of likely N-dealkylation sites (tertiary alicyclic amines) is 1. The number of methoxy groups -OCH3 is 2. The molecule has 0 bridgehead atoms. The first kappa shape index (κ1) is 23.4. The van der Waals surface area contributed by atoms with Crippen molar-refractivity contribution in [1.82, 2.24) is 9.62 Å². The number of ether oxygens (including phenoxy) is 2. The third kappa shape index (κ3) is 5.70. The van der Waals surface area contributed by atoms with Crippen LogP contribution in [-0.2, 0) is 21.2 Å². The van der Waals surface area contributed by atoms with Crippen LogP contribution in [0.2, 0.25) is 5.02 Å². The summed E-state index contributed by atoms with van der Waals surface area (Å²) in [6.07, 6.45) is 2.63. The highest BCUT2D eigenvalue weighted by molar-refractivity contribution is 7.89. The predicted octanol–water partition coefficient (Wildman–Crippen LogP) is 3.26. The van der Waals surface area contributed by atoms with E-state index in [1.54, 1.807) is 0 Å². The van der Waals surface area contributed by atoms with E-state index in [-0.39, 0.29) is 29.8 Å². The molecule has 1 aliphatic rings. The van der Waals surface area contributed by atoms with Crippen molar-refractivity contribution < 1.29 is 22.7 Å². The number of benzene rings is 2. The van der Waals surface area contributed by atoms with E-state index in [4.69, 9.17) is 21.1 Å². The standard InChI is InChI=1S/C22H27ClN2O5S/c1-29-20-10-9-18(15-21(20)30-2)31(27,28)24-12-11-22(26)25-13-5-7-17(25)14-16-6-3-4-8-19(16)23/h3-4,6,8-10,15,17,24H,5,7,11-14H2,1-2H3. The third-order valence-corrected chi connectivity index (χ3v) is 7.23. The van der Waals surface area contributed by atoms with Gasteiger partial charge < -0.3 is 14.4 Å². The SMILES string of the molecule is COc1ccc(S(=O)(=O)NCCC(=O)N2CCCC2Cc2ccccc2Cl)cc1OC. The molecule has 7 nitrogen and oxygen atoms in total. The fraction of sp³-hybridized carbons (Fsp3) is 0.409. The second-order valence-corrected chi connectivity index (χ2v) is 9.52. The average molecular weight is 467 g/mol. The van der Waals surface area contributed by atoms with Gasteiger partial charge in [-0.3, -0.25) is 4.79 Å². The molecule has 1 N–H and O–H groups in total. The smallest absolute Gasteiger partial charge is 0.240 e. The molecule has 1 fully saturated rings. The molecule has 2 aromatic rings. The molecule has 0 saturated carbocycles. The molecule has 2 aromatic carbocycles. The molecular formula is C22H27ClN2O5S. The maximum atomic E-state index is 12.8. The minimum absolute atomic E-state index is 0.0187. The van der Waals surface area contributed by atoms with Gasteiger partial charge in [0, 0.05) is 36.6 Å². The largest absolute Gasteiger partial charge is 0.493 e. The molecule has 3 rings (SSSR count). The van der Waals surface area contributed by atoms with E-state index in [1.807, 2.05) is 29.2 Å². The van der Waals surface area contributed by atoms with Crippen molar-refractivity contribution in [3.8, 4) is 11.5 Å². The Labute approximate surface area is 188 Å². The van der Waals surface area contributed by atoms with Crippen LogP contribution in [0, 0.1) is 0 Å². The second kappa shape index (κ2) is 10.3. The van der Waals surface area contributed by atoms with Crippen molar-refractivity contribution >= 4 is 27.5 Å². The number of amides is 1. The molecule has 0 radical (unpaired) electrons. The predicted molar refractivity (Wildman–Crippen MR) is 119 cm³/mol. The van der Waals surface area contributed by atoms with E-state index in [1.165, 1.54) is 32.4 Å². The van der Waals surface area contributed by atoms with Gasteiger partial charge in [-0.05, 0) is 43.0 Å². The number of carbonyl (C=O) groups excluding carboxylic acids is 1. The number of hydrogen-bond donors (Lipinski definition) is 1. The summed E-state index contributed by atoms with van der Waals surface area (Å²) < 4.78 is 38.0. The molecule has 31 heavy (non-hydrogen) atoms. The van der Waals surface area contributed by atoms with Crippen LogP contribution >= 0.6 is 11.6 Å². The first-order valence-electron chi connectivity index (χ1n) is 10.1. The van der Waals surface area contributed by atoms with Crippen LogP contribution in [0.5, 0.6) is 11.5 Å². The molecule has 9 heteroatoms. The summed E-state index contributed by atoms with van der Waals surface area (Å²) >= 11 is 6.27. The molecule has 168 valence electrons. The van der Waals surface area contributed by atoms with Crippen LogP contribution in [0.3, 0.4) is 0 Å². The van der Waals surface area contributed by atoms with Gasteiger partial charge in [0.1, 0.15) is 0 Å². The van der Waals surface area contributed by atoms with Crippen LogP contribution in [0.15, 0.2) is 47.4 Å². The van der Waals surface area contributed by atoms with Crippen molar-refractivity contribution in [1.29, 1.82) is 0 Å². The van der Waals surface area contributed by atoms with Crippen LogP contribution in [0.4, 0.5) is 0 Å². The Balaban J connectivity index is 1.58. The fourth-order valence-electron chi connectivity index (χ4n) is 3.80. The van der Waals surface area contributed by atoms with Gasteiger partial charge in [-0.2, -0.15) is 0 Å². The Bertz CT molecular complexity index is 1030. The van der Waals surface area contributed by atoms with Gasteiger partial charge in [-0.1, -0.05) is 29.8 Å². The summed E-state index contributed by atoms with van der Waals surface area (Å²) in [6, 6.07) is 12.1. The summed E-state index contributed by atoms with van der Waals surface area (Å²) in [5.74, 6) is 0.695. The number of sulfonamides is 1. The maximum Gasteiger partial charge on any atom is 0.240 e. The number of rotatable bonds is 9. The van der Waals surface area contributed by atoms with E-state index in [9.17, 15) is 13.2 Å². The molecule has 0 spiro atoms. The Morgan fingerprint density at radius 1 is 1.16 bits per heavy atom. The molecule has 1 aliphatic heterocycles. The zero-order valence-corrected chi connectivity index (χ0v) is 19.2. The maximum absolute atomic E-state index is 12.8. The highest BCUT2D eigenvalue weighted by Gasteiger charge is 2.29. The fourth-order valence-corrected chi connectivity index (χ4v) is 5.06. The van der Waals surface area contributed by atoms with E-state index in [2.05, 4.69) is 4.72 Å². The number of nitrogens with zero attached hydrogens (tertiary/aromatic N) is 1. The number of halogens is 1. The molecule has 1 amide bonds. The summed E-state index contributed by atoms with van der Waals surface area (Å²) in [5, 5.41) is 0.699. The Morgan fingerprint density at radius 3 is 2.61 bits per heavy atom. The van der Waals surface area contributed by atoms with Gasteiger partial charge in [-0.15, -0.1) is 0 Å². The molecule has 1 unspecified atom stereocenters. The van der Waals surface area contributed by atoms with Crippen molar-refractivity contribution in [3.05, 3.63) is 53.1 Å². The van der Waals surface area contributed by atoms with Crippen LogP contribution in [-0.4, -0.2) is 52.6 Å². The van der Waals surface area contributed by atoms with Gasteiger partial charge in [-0.25, -0.2) is 13.1 Å². The molecule has 1 saturated heterocycles. The zero-order valence-electron chi connectivity index (χ0n) is 17.6. The van der Waals surface area contributed by atoms with Crippen LogP contribution < -0.4 is 14.2 Å². The van der Waals surface area contributed by atoms with Crippen molar-refractivity contribution in [2.24, 2.45) is 0 Å². The molecule has 1 heterocycles. The first-order chi connectivity index (χ1) is 14.9. The normalized spacial score (nSPS) is 16.4. The first-order valence-corrected chi connectivity index (χ1v) is 12.0. The Morgan fingerprint density at radius 2 is 1.90 bits per heavy atom. The van der Waals surface area contributed by atoms with Crippen molar-refractivity contribution in [3.63, 3.8) is 0 Å². The van der Waals surface area contributed by atoms with E-state index >= 15 is 0 Å². The molecule has 1 atom stereocenters. The lowest BCUT2D eigenvalue weighted by Gasteiger charge is -2.25. The Hall–Kier alpha value is -2.29.